The van der Waals surface area contributed by atoms with E-state index >= 15 is 0 Å². The summed E-state index contributed by atoms with van der Waals surface area (Å²) in [5, 5.41) is 3.12. The molecule has 0 radical (unpaired) electrons. The van der Waals surface area contributed by atoms with E-state index in [-0.39, 0.29) is 29.7 Å². The molecule has 0 bridgehead atoms. The Morgan fingerprint density at radius 3 is 2.20 bits per heavy atom. The number of nitrogens with one attached hydrogen (secondary N) is 1. The summed E-state index contributed by atoms with van der Waals surface area (Å²) in [6.45, 7) is 4.62. The quantitative estimate of drug-likeness (QED) is 0.468. The molecule has 0 aromatic heterocycles. The third-order valence-corrected chi connectivity index (χ3v) is 10.2. The molecule has 10 heteroatoms. The molecule has 1 aliphatic heterocycles. The zero-order chi connectivity index (χ0) is 24.8. The number of halogens is 1. The second-order valence-electron chi connectivity index (χ2n) is 9.08. The zero-order valence-corrected chi connectivity index (χ0v) is 23.2. The molecule has 2 aromatic rings. The Morgan fingerprint density at radius 1 is 1.03 bits per heavy atom. The van der Waals surface area contributed by atoms with Crippen molar-refractivity contribution < 1.29 is 16.8 Å². The van der Waals surface area contributed by atoms with Crippen LogP contribution in [0, 0.1) is 0 Å². The molecule has 0 saturated carbocycles. The largest absolute Gasteiger partial charge is 0.302 e. The predicted octanol–water partition coefficient (Wildman–Crippen LogP) is 3.35. The second-order valence-corrected chi connectivity index (χ2v) is 13.5. The number of hydrogen-bond acceptors (Lipinski definition) is 6. The normalized spacial score (nSPS) is 20.3. The summed E-state index contributed by atoms with van der Waals surface area (Å²) in [7, 11) is -5.02. The van der Waals surface area contributed by atoms with Gasteiger partial charge in [-0.2, -0.15) is 0 Å². The SMILES string of the molecule is CCNC1CC(S(C)(=O)=O)CCN1CCC(CN(C)S(=O)(=O)c1ccccc1)c1ccccc1.Cl. The molecule has 1 saturated heterocycles. The monoisotopic (exact) mass is 543 g/mol. The van der Waals surface area contributed by atoms with E-state index in [9.17, 15) is 16.8 Å². The first-order valence-electron chi connectivity index (χ1n) is 11.9. The maximum absolute atomic E-state index is 13.1. The molecule has 2 aromatic carbocycles. The Bertz CT molecular complexity index is 1120. The number of likely N-dealkylation sites (N-methyl/N-ethyl adjacent to an activating group) is 1. The van der Waals surface area contributed by atoms with Crippen molar-refractivity contribution in [3.63, 3.8) is 0 Å². The Morgan fingerprint density at radius 2 is 1.63 bits per heavy atom. The maximum Gasteiger partial charge on any atom is 0.242 e. The molecule has 3 atom stereocenters. The molecule has 3 rings (SSSR count). The van der Waals surface area contributed by atoms with Gasteiger partial charge in [-0.3, -0.25) is 4.90 Å². The number of nitrogens with zero attached hydrogens (tertiary/aromatic N) is 2. The second kappa shape index (κ2) is 13.2. The molecular weight excluding hydrogens is 506 g/mol. The van der Waals surface area contributed by atoms with Crippen LogP contribution in [0.15, 0.2) is 65.6 Å². The summed E-state index contributed by atoms with van der Waals surface area (Å²) < 4.78 is 51.9. The average molecular weight is 544 g/mol. The Balaban J connectivity index is 0.00000432. The van der Waals surface area contributed by atoms with Gasteiger partial charge in [0.2, 0.25) is 10.0 Å². The lowest BCUT2D eigenvalue weighted by Gasteiger charge is -2.40. The molecule has 1 fully saturated rings. The summed E-state index contributed by atoms with van der Waals surface area (Å²) in [5.41, 5.74) is 1.10. The highest BCUT2D eigenvalue weighted by molar-refractivity contribution is 7.91. The molecule has 1 aliphatic rings. The van der Waals surface area contributed by atoms with Gasteiger partial charge in [-0.05, 0) is 49.4 Å². The van der Waals surface area contributed by atoms with E-state index in [1.807, 2.05) is 37.3 Å². The first-order valence-corrected chi connectivity index (χ1v) is 15.2. The molecule has 35 heavy (non-hydrogen) atoms. The van der Waals surface area contributed by atoms with E-state index in [0.29, 0.717) is 30.8 Å². The van der Waals surface area contributed by atoms with E-state index in [4.69, 9.17) is 0 Å². The van der Waals surface area contributed by atoms with Gasteiger partial charge >= 0.3 is 0 Å². The maximum atomic E-state index is 13.1. The van der Waals surface area contributed by atoms with Crippen LogP contribution >= 0.6 is 12.4 Å². The molecule has 1 N–H and O–H groups in total. The number of piperidine rings is 1. The van der Waals surface area contributed by atoms with Gasteiger partial charge in [0.1, 0.15) is 9.84 Å². The fourth-order valence-electron chi connectivity index (χ4n) is 4.68. The lowest BCUT2D eigenvalue weighted by atomic mass is 9.94. The zero-order valence-electron chi connectivity index (χ0n) is 20.7. The molecule has 3 unspecified atom stereocenters. The fourth-order valence-corrected chi connectivity index (χ4v) is 6.98. The highest BCUT2D eigenvalue weighted by atomic mass is 35.5. The number of hydrogen-bond donors (Lipinski definition) is 1. The van der Waals surface area contributed by atoms with Gasteiger partial charge in [-0.25, -0.2) is 21.1 Å². The van der Waals surface area contributed by atoms with Crippen LogP contribution in [-0.2, 0) is 19.9 Å². The molecule has 1 heterocycles. The van der Waals surface area contributed by atoms with Crippen molar-refractivity contribution in [1.29, 1.82) is 0 Å². The lowest BCUT2D eigenvalue weighted by molar-refractivity contribution is 0.119. The Kier molecular flexibility index (Phi) is 11.2. The highest BCUT2D eigenvalue weighted by Gasteiger charge is 2.33. The summed E-state index contributed by atoms with van der Waals surface area (Å²) in [5.74, 6) is 0.0135. The molecule has 0 amide bonds. The third-order valence-electron chi connectivity index (χ3n) is 6.68. The van der Waals surface area contributed by atoms with Crippen molar-refractivity contribution in [2.45, 2.75) is 48.4 Å². The van der Waals surface area contributed by atoms with Gasteiger partial charge < -0.3 is 5.32 Å². The van der Waals surface area contributed by atoms with Gasteiger partial charge in [0, 0.05) is 32.9 Å². The first-order chi connectivity index (χ1) is 16.1. The molecule has 7 nitrogen and oxygen atoms in total. The summed E-state index contributed by atoms with van der Waals surface area (Å²) in [6, 6.07) is 18.5. The van der Waals surface area contributed by atoms with Crippen LogP contribution in [0.25, 0.3) is 0 Å². The van der Waals surface area contributed by atoms with Crippen molar-refractivity contribution in [3.05, 3.63) is 66.2 Å². The van der Waals surface area contributed by atoms with Gasteiger partial charge in [0.25, 0.3) is 0 Å². The van der Waals surface area contributed by atoms with Crippen LogP contribution in [0.4, 0.5) is 0 Å². The molecule has 196 valence electrons. The van der Waals surface area contributed by atoms with Gasteiger partial charge in [-0.15, -0.1) is 12.4 Å². The van der Waals surface area contributed by atoms with Gasteiger partial charge in [0.05, 0.1) is 16.3 Å². The van der Waals surface area contributed by atoms with Crippen molar-refractivity contribution in [2.24, 2.45) is 0 Å². The smallest absolute Gasteiger partial charge is 0.242 e. The summed E-state index contributed by atoms with van der Waals surface area (Å²) in [4.78, 5) is 2.60. The van der Waals surface area contributed by atoms with Crippen molar-refractivity contribution >= 4 is 32.3 Å². The molecular formula is C25H38ClN3O4S2. The number of rotatable bonds is 11. The van der Waals surface area contributed by atoms with Crippen LogP contribution < -0.4 is 5.32 Å². The van der Waals surface area contributed by atoms with E-state index in [1.54, 1.807) is 37.4 Å². The third kappa shape index (κ3) is 8.00. The number of benzene rings is 2. The standard InChI is InChI=1S/C25H37N3O4S2.ClH/c1-4-26-25-19-24(33(3,29)30)16-18-28(25)17-15-22(21-11-7-5-8-12-21)20-27(2)34(31,32)23-13-9-6-10-14-23;/h5-14,22,24-26H,4,15-20H2,1-3H3;1H. The minimum absolute atomic E-state index is 0. The van der Waals surface area contributed by atoms with E-state index in [1.165, 1.54) is 10.6 Å². The van der Waals surface area contributed by atoms with E-state index < -0.39 is 19.9 Å². The van der Waals surface area contributed by atoms with E-state index in [2.05, 4.69) is 10.2 Å². The minimum Gasteiger partial charge on any atom is -0.302 e. The Labute approximate surface area is 217 Å². The van der Waals surface area contributed by atoms with Crippen molar-refractivity contribution in [2.75, 3.05) is 39.5 Å². The first kappa shape index (κ1) is 29.7. The number of likely N-dealkylation sites (tertiary alicyclic amines) is 1. The highest BCUT2D eigenvalue weighted by Crippen LogP contribution is 2.27. The predicted molar refractivity (Wildman–Crippen MR) is 144 cm³/mol. The number of sulfone groups is 1. The average Bonchev–Trinajstić information content (AvgIpc) is 2.82. The van der Waals surface area contributed by atoms with Crippen molar-refractivity contribution in [1.82, 2.24) is 14.5 Å². The lowest BCUT2D eigenvalue weighted by Crippen LogP contribution is -2.53. The van der Waals surface area contributed by atoms with Crippen LogP contribution in [0.1, 0.15) is 37.7 Å². The fraction of sp³-hybridized carbons (Fsp3) is 0.520. The van der Waals surface area contributed by atoms with Crippen LogP contribution in [0.5, 0.6) is 0 Å². The topological polar surface area (TPSA) is 86.8 Å². The molecule has 0 spiro atoms. The van der Waals surface area contributed by atoms with Gasteiger partial charge in [-0.1, -0.05) is 55.5 Å². The van der Waals surface area contributed by atoms with E-state index in [0.717, 1.165) is 25.1 Å². The van der Waals surface area contributed by atoms with Crippen LogP contribution in [-0.4, -0.2) is 76.9 Å². The summed E-state index contributed by atoms with van der Waals surface area (Å²) in [6.07, 6.45) is 3.29. The van der Waals surface area contributed by atoms with Crippen molar-refractivity contribution in [3.8, 4) is 0 Å². The molecule has 0 aliphatic carbocycles. The number of sulfonamides is 1. The van der Waals surface area contributed by atoms with Crippen LogP contribution in [0.3, 0.4) is 0 Å². The summed E-state index contributed by atoms with van der Waals surface area (Å²) >= 11 is 0. The minimum atomic E-state index is -3.59. The Hall–Kier alpha value is -1.49. The van der Waals surface area contributed by atoms with Gasteiger partial charge in [0.15, 0.2) is 0 Å². The van der Waals surface area contributed by atoms with Crippen LogP contribution in [0.2, 0.25) is 0 Å².